The van der Waals surface area contributed by atoms with Crippen LogP contribution in [0.5, 0.6) is 0 Å². The highest BCUT2D eigenvalue weighted by atomic mass is 16.5. The van der Waals surface area contributed by atoms with E-state index in [9.17, 15) is 4.79 Å². The molecular formula is C12H20N4O3. The van der Waals surface area contributed by atoms with Crippen LogP contribution in [0.2, 0.25) is 0 Å². The molecule has 0 aromatic carbocycles. The van der Waals surface area contributed by atoms with Crippen LogP contribution < -0.4 is 0 Å². The Labute approximate surface area is 112 Å². The molecular weight excluding hydrogens is 248 g/mol. The second kappa shape index (κ2) is 6.12. The maximum atomic E-state index is 11.0. The van der Waals surface area contributed by atoms with Gasteiger partial charge in [0.05, 0.1) is 24.9 Å². The van der Waals surface area contributed by atoms with Gasteiger partial charge in [-0.3, -0.25) is 4.90 Å². The molecule has 1 aromatic heterocycles. The van der Waals surface area contributed by atoms with Gasteiger partial charge in [-0.2, -0.15) is 0 Å². The Bertz CT molecular complexity index is 446. The number of hydrogen-bond acceptors (Lipinski definition) is 5. The summed E-state index contributed by atoms with van der Waals surface area (Å²) in [5.74, 6) is -1.03. The summed E-state index contributed by atoms with van der Waals surface area (Å²) in [5, 5.41) is 16.7. The van der Waals surface area contributed by atoms with Gasteiger partial charge in [-0.05, 0) is 13.0 Å². The molecule has 1 aliphatic rings. The average Bonchev–Trinajstić information content (AvgIpc) is 2.82. The topological polar surface area (TPSA) is 80.5 Å². The molecule has 1 aromatic rings. The zero-order valence-corrected chi connectivity index (χ0v) is 11.4. The second-order valence-corrected chi connectivity index (χ2v) is 4.61. The van der Waals surface area contributed by atoms with E-state index in [1.807, 2.05) is 6.92 Å². The van der Waals surface area contributed by atoms with E-state index in [4.69, 9.17) is 9.84 Å². The molecule has 2 heterocycles. The van der Waals surface area contributed by atoms with Crippen LogP contribution in [-0.4, -0.2) is 63.3 Å². The van der Waals surface area contributed by atoms with Gasteiger partial charge in [0.2, 0.25) is 0 Å². The van der Waals surface area contributed by atoms with Crippen molar-refractivity contribution in [1.82, 2.24) is 19.9 Å². The molecule has 0 amide bonds. The number of carboxylic acids is 1. The van der Waals surface area contributed by atoms with Crippen molar-refractivity contribution in [2.24, 2.45) is 0 Å². The van der Waals surface area contributed by atoms with Gasteiger partial charge in [0.1, 0.15) is 0 Å². The molecule has 106 valence electrons. The molecule has 2 rings (SSSR count). The molecule has 1 fully saturated rings. The number of hydrogen-bond donors (Lipinski definition) is 1. The van der Waals surface area contributed by atoms with Crippen molar-refractivity contribution in [1.29, 1.82) is 0 Å². The fourth-order valence-corrected chi connectivity index (χ4v) is 2.37. The number of nitrogens with zero attached hydrogens (tertiary/aromatic N) is 4. The summed E-state index contributed by atoms with van der Waals surface area (Å²) in [7, 11) is 0. The fourth-order valence-electron chi connectivity index (χ4n) is 2.37. The van der Waals surface area contributed by atoms with Gasteiger partial charge >= 0.3 is 5.97 Å². The fraction of sp³-hybridized carbons (Fsp3) is 0.750. The lowest BCUT2D eigenvalue weighted by molar-refractivity contribution is -0.0363. The molecule has 1 N–H and O–H groups in total. The summed E-state index contributed by atoms with van der Waals surface area (Å²) >= 11 is 0. The van der Waals surface area contributed by atoms with Gasteiger partial charge < -0.3 is 9.84 Å². The summed E-state index contributed by atoms with van der Waals surface area (Å²) in [4.78, 5) is 13.3. The Hall–Kier alpha value is -1.47. The van der Waals surface area contributed by atoms with Gasteiger partial charge in [-0.15, -0.1) is 5.10 Å². The van der Waals surface area contributed by atoms with E-state index in [0.29, 0.717) is 25.3 Å². The van der Waals surface area contributed by atoms with Crippen LogP contribution in [0.3, 0.4) is 0 Å². The first-order chi connectivity index (χ1) is 9.15. The molecule has 7 heteroatoms. The van der Waals surface area contributed by atoms with Crippen LogP contribution in [0.25, 0.3) is 0 Å². The summed E-state index contributed by atoms with van der Waals surface area (Å²) in [6.07, 6.45) is 0.640. The second-order valence-electron chi connectivity index (χ2n) is 4.61. The molecule has 0 radical (unpaired) electrons. The number of carboxylic acid groups (broad SMARTS) is 1. The van der Waals surface area contributed by atoms with Crippen LogP contribution in [0.4, 0.5) is 0 Å². The number of carbonyl (C=O) groups is 1. The Balaban J connectivity index is 2.08. The molecule has 0 aliphatic carbocycles. The predicted octanol–water partition coefficient (Wildman–Crippen LogP) is 0.259. The Morgan fingerprint density at radius 3 is 2.95 bits per heavy atom. The van der Waals surface area contributed by atoms with Crippen molar-refractivity contribution < 1.29 is 14.6 Å². The first-order valence-electron chi connectivity index (χ1n) is 6.65. The number of aromatic carboxylic acids is 1. The molecule has 1 unspecified atom stereocenters. The normalized spacial score (nSPS) is 20.6. The van der Waals surface area contributed by atoms with Crippen molar-refractivity contribution in [2.75, 3.05) is 26.2 Å². The Morgan fingerprint density at radius 1 is 1.53 bits per heavy atom. The third-order valence-electron chi connectivity index (χ3n) is 3.42. The minimum Gasteiger partial charge on any atom is -0.476 e. The minimum absolute atomic E-state index is 0.0438. The van der Waals surface area contributed by atoms with Crippen molar-refractivity contribution in [3.63, 3.8) is 0 Å². The standard InChI is InChI=1S/C12H20N4O3/c1-3-10-11(12(17)18)13-14-16(10)8-9-7-15(4-2)5-6-19-9/h9H,3-8H2,1-2H3,(H,17,18). The largest absolute Gasteiger partial charge is 0.476 e. The summed E-state index contributed by atoms with van der Waals surface area (Å²) in [5.41, 5.74) is 0.704. The first kappa shape index (κ1) is 14.0. The van der Waals surface area contributed by atoms with Crippen molar-refractivity contribution in [2.45, 2.75) is 32.9 Å². The van der Waals surface area contributed by atoms with E-state index in [-0.39, 0.29) is 11.8 Å². The average molecular weight is 268 g/mol. The van der Waals surface area contributed by atoms with E-state index < -0.39 is 5.97 Å². The van der Waals surface area contributed by atoms with Gasteiger partial charge in [0, 0.05) is 13.1 Å². The highest BCUT2D eigenvalue weighted by molar-refractivity contribution is 5.86. The van der Waals surface area contributed by atoms with Crippen LogP contribution in [0.15, 0.2) is 0 Å². The lowest BCUT2D eigenvalue weighted by atomic mass is 10.2. The number of aromatic nitrogens is 3. The van der Waals surface area contributed by atoms with Crippen LogP contribution in [0.1, 0.15) is 30.0 Å². The Morgan fingerprint density at radius 2 is 2.32 bits per heavy atom. The number of rotatable bonds is 5. The highest BCUT2D eigenvalue weighted by Crippen LogP contribution is 2.11. The van der Waals surface area contributed by atoms with Gasteiger partial charge in [0.25, 0.3) is 0 Å². The Kier molecular flexibility index (Phi) is 4.49. The number of morpholine rings is 1. The van der Waals surface area contributed by atoms with Crippen LogP contribution in [0, 0.1) is 0 Å². The third kappa shape index (κ3) is 3.10. The maximum absolute atomic E-state index is 11.0. The monoisotopic (exact) mass is 268 g/mol. The quantitative estimate of drug-likeness (QED) is 0.825. The summed E-state index contributed by atoms with van der Waals surface area (Å²) < 4.78 is 7.37. The third-order valence-corrected chi connectivity index (χ3v) is 3.42. The molecule has 1 saturated heterocycles. The smallest absolute Gasteiger partial charge is 0.358 e. The van der Waals surface area contributed by atoms with E-state index in [0.717, 1.165) is 19.6 Å². The first-order valence-corrected chi connectivity index (χ1v) is 6.65. The molecule has 0 saturated carbocycles. The minimum atomic E-state index is -1.03. The zero-order chi connectivity index (χ0) is 13.8. The van der Waals surface area contributed by atoms with E-state index in [2.05, 4.69) is 22.1 Å². The van der Waals surface area contributed by atoms with E-state index >= 15 is 0 Å². The molecule has 0 spiro atoms. The highest BCUT2D eigenvalue weighted by Gasteiger charge is 2.23. The van der Waals surface area contributed by atoms with Gasteiger partial charge in [-0.1, -0.05) is 19.1 Å². The number of ether oxygens (including phenoxy) is 1. The van der Waals surface area contributed by atoms with E-state index in [1.165, 1.54) is 0 Å². The lowest BCUT2D eigenvalue weighted by Crippen LogP contribution is -2.44. The SMILES string of the molecule is CCc1c(C(=O)O)nnn1CC1CN(CC)CCO1. The summed E-state index contributed by atoms with van der Waals surface area (Å²) in [6, 6.07) is 0. The van der Waals surface area contributed by atoms with Crippen LogP contribution in [-0.2, 0) is 17.7 Å². The molecule has 1 atom stereocenters. The molecule has 7 nitrogen and oxygen atoms in total. The lowest BCUT2D eigenvalue weighted by Gasteiger charge is -2.32. The van der Waals surface area contributed by atoms with Gasteiger partial charge in [0.15, 0.2) is 5.69 Å². The van der Waals surface area contributed by atoms with E-state index in [1.54, 1.807) is 4.68 Å². The summed E-state index contributed by atoms with van der Waals surface area (Å²) in [6.45, 7) is 8.09. The zero-order valence-electron chi connectivity index (χ0n) is 11.4. The van der Waals surface area contributed by atoms with Gasteiger partial charge in [-0.25, -0.2) is 9.48 Å². The van der Waals surface area contributed by atoms with Crippen molar-refractivity contribution >= 4 is 5.97 Å². The number of likely N-dealkylation sites (N-methyl/N-ethyl adjacent to an activating group) is 1. The molecule has 19 heavy (non-hydrogen) atoms. The van der Waals surface area contributed by atoms with Crippen LogP contribution >= 0.6 is 0 Å². The molecule has 0 bridgehead atoms. The van der Waals surface area contributed by atoms with Crippen molar-refractivity contribution in [3.8, 4) is 0 Å². The predicted molar refractivity (Wildman–Crippen MR) is 68.2 cm³/mol. The van der Waals surface area contributed by atoms with Crippen molar-refractivity contribution in [3.05, 3.63) is 11.4 Å². The maximum Gasteiger partial charge on any atom is 0.358 e. The molecule has 1 aliphatic heterocycles.